The predicted octanol–water partition coefficient (Wildman–Crippen LogP) is 2.13. The number of nitrogens with zero attached hydrogens (tertiary/aromatic N) is 1. The van der Waals surface area contributed by atoms with Crippen LogP contribution in [0.5, 0.6) is 5.75 Å². The number of phenols is 1. The van der Waals surface area contributed by atoms with E-state index in [1.807, 2.05) is 6.07 Å². The Morgan fingerprint density at radius 3 is 2.88 bits per heavy atom. The number of carbonyl (C=O) groups excluding carboxylic acids is 1. The molecular formula is C11H10BrNO3. The molecule has 1 N–H and O–H groups in total. The summed E-state index contributed by atoms with van der Waals surface area (Å²) >= 11 is 3.23. The molecule has 0 aliphatic heterocycles. The van der Waals surface area contributed by atoms with Crippen LogP contribution in [0.2, 0.25) is 0 Å². The lowest BCUT2D eigenvalue weighted by molar-refractivity contribution is -0.142. The van der Waals surface area contributed by atoms with Crippen LogP contribution in [-0.4, -0.2) is 17.7 Å². The number of carbonyl (C=O) groups is 1. The standard InChI is InChI=1S/C11H10BrNO3/c1-2-16-11(15)5-7-4-10(14)8(6-13)3-9(7)12/h3-4,14H,2,5H2,1H3. The first-order valence-corrected chi connectivity index (χ1v) is 5.45. The molecule has 0 aliphatic carbocycles. The van der Waals surface area contributed by atoms with Crippen molar-refractivity contribution in [2.45, 2.75) is 13.3 Å². The average Bonchev–Trinajstić information content (AvgIpc) is 2.23. The van der Waals surface area contributed by atoms with Gasteiger partial charge in [-0.2, -0.15) is 5.26 Å². The van der Waals surface area contributed by atoms with Crippen molar-refractivity contribution in [1.82, 2.24) is 0 Å². The van der Waals surface area contributed by atoms with Gasteiger partial charge in [-0.1, -0.05) is 15.9 Å². The fourth-order valence-electron chi connectivity index (χ4n) is 1.20. The molecule has 4 nitrogen and oxygen atoms in total. The highest BCUT2D eigenvalue weighted by Crippen LogP contribution is 2.26. The summed E-state index contributed by atoms with van der Waals surface area (Å²) in [5.74, 6) is -0.502. The summed E-state index contributed by atoms with van der Waals surface area (Å²) in [6, 6.07) is 4.71. The van der Waals surface area contributed by atoms with E-state index in [1.54, 1.807) is 6.92 Å². The molecule has 0 bridgehead atoms. The van der Waals surface area contributed by atoms with Crippen molar-refractivity contribution < 1.29 is 14.6 Å². The lowest BCUT2D eigenvalue weighted by Gasteiger charge is -2.06. The summed E-state index contributed by atoms with van der Waals surface area (Å²) in [6.07, 6.45) is 0.0632. The number of rotatable bonds is 3. The van der Waals surface area contributed by atoms with Gasteiger partial charge in [0.05, 0.1) is 18.6 Å². The van der Waals surface area contributed by atoms with Crippen LogP contribution in [0, 0.1) is 11.3 Å². The quantitative estimate of drug-likeness (QED) is 0.863. The number of ether oxygens (including phenoxy) is 1. The van der Waals surface area contributed by atoms with Gasteiger partial charge in [-0.15, -0.1) is 0 Å². The van der Waals surface area contributed by atoms with Gasteiger partial charge in [0.1, 0.15) is 11.8 Å². The summed E-state index contributed by atoms with van der Waals surface area (Å²) in [5.41, 5.74) is 0.759. The van der Waals surface area contributed by atoms with Crippen molar-refractivity contribution in [2.75, 3.05) is 6.61 Å². The predicted molar refractivity (Wildman–Crippen MR) is 60.9 cm³/mol. The van der Waals surface area contributed by atoms with E-state index >= 15 is 0 Å². The van der Waals surface area contributed by atoms with Gasteiger partial charge >= 0.3 is 5.97 Å². The number of hydrogen-bond acceptors (Lipinski definition) is 4. The van der Waals surface area contributed by atoms with E-state index in [0.29, 0.717) is 16.6 Å². The van der Waals surface area contributed by atoms with Gasteiger partial charge in [-0.25, -0.2) is 0 Å². The van der Waals surface area contributed by atoms with E-state index in [4.69, 9.17) is 10.00 Å². The van der Waals surface area contributed by atoms with E-state index in [2.05, 4.69) is 15.9 Å². The molecule has 0 radical (unpaired) electrons. The van der Waals surface area contributed by atoms with Gasteiger partial charge in [0.15, 0.2) is 0 Å². The van der Waals surface area contributed by atoms with Crippen molar-refractivity contribution in [2.24, 2.45) is 0 Å². The van der Waals surface area contributed by atoms with Gasteiger partial charge in [-0.05, 0) is 24.6 Å². The maximum absolute atomic E-state index is 11.2. The summed E-state index contributed by atoms with van der Waals surface area (Å²) in [7, 11) is 0. The highest BCUT2D eigenvalue weighted by Gasteiger charge is 2.11. The third-order valence-corrected chi connectivity index (χ3v) is 2.66. The molecule has 0 atom stereocenters. The lowest BCUT2D eigenvalue weighted by Crippen LogP contribution is -2.08. The molecule has 1 rings (SSSR count). The third kappa shape index (κ3) is 2.97. The average molecular weight is 284 g/mol. The van der Waals surface area contributed by atoms with E-state index < -0.39 is 0 Å². The normalized spacial score (nSPS) is 9.56. The number of nitriles is 1. The summed E-state index contributed by atoms with van der Waals surface area (Å²) < 4.78 is 5.40. The maximum Gasteiger partial charge on any atom is 0.310 e. The first-order chi connectivity index (χ1) is 7.58. The second-order valence-corrected chi connectivity index (χ2v) is 3.91. The second-order valence-electron chi connectivity index (χ2n) is 3.05. The van der Waals surface area contributed by atoms with Gasteiger partial charge in [-0.3, -0.25) is 4.79 Å². The van der Waals surface area contributed by atoms with Crippen LogP contribution in [0.15, 0.2) is 16.6 Å². The van der Waals surface area contributed by atoms with Crippen molar-refractivity contribution in [1.29, 1.82) is 5.26 Å². The first-order valence-electron chi connectivity index (χ1n) is 4.65. The Morgan fingerprint density at radius 1 is 1.62 bits per heavy atom. The zero-order valence-electron chi connectivity index (χ0n) is 8.66. The molecule has 0 amide bonds. The van der Waals surface area contributed by atoms with Gasteiger partial charge < -0.3 is 9.84 Å². The Labute approximate surface area is 102 Å². The SMILES string of the molecule is CCOC(=O)Cc1cc(O)c(C#N)cc1Br. The second kappa shape index (κ2) is 5.52. The summed E-state index contributed by atoms with van der Waals surface area (Å²) in [6.45, 7) is 2.04. The Bertz CT molecular complexity index is 451. The van der Waals surface area contributed by atoms with Gasteiger partial charge in [0, 0.05) is 4.47 Å². The number of halogens is 1. The minimum Gasteiger partial charge on any atom is -0.507 e. The van der Waals surface area contributed by atoms with Crippen LogP contribution in [0.3, 0.4) is 0 Å². The molecule has 0 unspecified atom stereocenters. The topological polar surface area (TPSA) is 70.3 Å². The third-order valence-electron chi connectivity index (χ3n) is 1.93. The number of esters is 1. The highest BCUT2D eigenvalue weighted by atomic mass is 79.9. The van der Waals surface area contributed by atoms with Crippen molar-refractivity contribution >= 4 is 21.9 Å². The van der Waals surface area contributed by atoms with E-state index in [-0.39, 0.29) is 23.7 Å². The number of aromatic hydroxyl groups is 1. The first kappa shape index (κ1) is 12.5. The van der Waals surface area contributed by atoms with Crippen LogP contribution < -0.4 is 0 Å². The molecule has 0 saturated carbocycles. The van der Waals surface area contributed by atoms with Crippen molar-refractivity contribution in [3.63, 3.8) is 0 Å². The minimum atomic E-state index is -0.368. The monoisotopic (exact) mass is 283 g/mol. The van der Waals surface area contributed by atoms with Gasteiger partial charge in [0.2, 0.25) is 0 Å². The highest BCUT2D eigenvalue weighted by molar-refractivity contribution is 9.10. The molecule has 1 aromatic carbocycles. The fourth-order valence-corrected chi connectivity index (χ4v) is 1.68. The molecule has 0 aromatic heterocycles. The molecule has 84 valence electrons. The zero-order chi connectivity index (χ0) is 12.1. The molecule has 16 heavy (non-hydrogen) atoms. The van der Waals surface area contributed by atoms with E-state index in [1.165, 1.54) is 12.1 Å². The molecule has 0 spiro atoms. The Balaban J connectivity index is 2.95. The minimum absolute atomic E-state index is 0.0632. The Hall–Kier alpha value is -1.54. The lowest BCUT2D eigenvalue weighted by atomic mass is 10.1. The number of phenolic OH excluding ortho intramolecular Hbond substituents is 1. The van der Waals surface area contributed by atoms with Crippen LogP contribution in [0.4, 0.5) is 0 Å². The summed E-state index contributed by atoms with van der Waals surface area (Å²) in [4.78, 5) is 11.2. The molecule has 0 heterocycles. The molecule has 5 heteroatoms. The van der Waals surface area contributed by atoms with Crippen molar-refractivity contribution in [3.05, 3.63) is 27.7 Å². The molecule has 0 saturated heterocycles. The van der Waals surface area contributed by atoms with Crippen molar-refractivity contribution in [3.8, 4) is 11.8 Å². The largest absolute Gasteiger partial charge is 0.507 e. The Morgan fingerprint density at radius 2 is 2.31 bits per heavy atom. The summed E-state index contributed by atoms with van der Waals surface area (Å²) in [5, 5.41) is 18.1. The Kier molecular flexibility index (Phi) is 4.32. The number of benzene rings is 1. The van der Waals surface area contributed by atoms with E-state index in [9.17, 15) is 9.90 Å². The molecule has 0 aliphatic rings. The van der Waals surface area contributed by atoms with Crippen LogP contribution >= 0.6 is 15.9 Å². The molecular weight excluding hydrogens is 274 g/mol. The van der Waals surface area contributed by atoms with Crippen LogP contribution in [0.1, 0.15) is 18.1 Å². The molecule has 0 fully saturated rings. The van der Waals surface area contributed by atoms with Gasteiger partial charge in [0.25, 0.3) is 0 Å². The smallest absolute Gasteiger partial charge is 0.310 e. The zero-order valence-corrected chi connectivity index (χ0v) is 10.2. The maximum atomic E-state index is 11.2. The fraction of sp³-hybridized carbons (Fsp3) is 0.273. The van der Waals surface area contributed by atoms with Crippen LogP contribution in [-0.2, 0) is 16.0 Å². The van der Waals surface area contributed by atoms with E-state index in [0.717, 1.165) is 0 Å². The van der Waals surface area contributed by atoms with Crippen LogP contribution in [0.25, 0.3) is 0 Å². The number of hydrogen-bond donors (Lipinski definition) is 1. The molecule has 1 aromatic rings.